The first-order chi connectivity index (χ1) is 19.1. The van der Waals surface area contributed by atoms with Gasteiger partial charge in [-0.2, -0.15) is 5.10 Å². The largest absolute Gasteiger partial charge is 0.493 e. The van der Waals surface area contributed by atoms with Crippen LogP contribution in [-0.2, 0) is 10.0 Å². The standard InChI is InChI=1S/C28H21BrClN3O6S/c1-38-26-15-18(5-14-25(26)39-28(35)20-3-2-4-21(29)16-20)17-31-32-27(34)19-6-10-23(11-7-19)33-40(36,37)24-12-8-22(30)9-13-24/h2-17,33H,1H3,(H,32,34)/b31-17+. The van der Waals surface area contributed by atoms with Crippen molar-refractivity contribution in [2.45, 2.75) is 4.90 Å². The van der Waals surface area contributed by atoms with Gasteiger partial charge in [0.2, 0.25) is 0 Å². The predicted molar refractivity (Wildman–Crippen MR) is 156 cm³/mol. The number of anilines is 1. The van der Waals surface area contributed by atoms with Crippen LogP contribution in [0.4, 0.5) is 5.69 Å². The molecule has 0 unspecified atom stereocenters. The van der Waals surface area contributed by atoms with E-state index in [0.717, 1.165) is 4.47 Å². The van der Waals surface area contributed by atoms with Gasteiger partial charge in [0.05, 0.1) is 23.8 Å². The Morgan fingerprint density at radius 2 is 1.62 bits per heavy atom. The van der Waals surface area contributed by atoms with Gasteiger partial charge in [0.15, 0.2) is 11.5 Å². The van der Waals surface area contributed by atoms with Crippen molar-refractivity contribution in [1.82, 2.24) is 5.43 Å². The summed E-state index contributed by atoms with van der Waals surface area (Å²) in [7, 11) is -2.37. The SMILES string of the molecule is COc1cc(/C=N/NC(=O)c2ccc(NS(=O)(=O)c3ccc(Cl)cc3)cc2)ccc1OC(=O)c1cccc(Br)c1. The lowest BCUT2D eigenvalue weighted by molar-refractivity contribution is 0.0729. The Labute approximate surface area is 244 Å². The number of ether oxygens (including phenoxy) is 2. The molecule has 0 saturated carbocycles. The Bertz CT molecular complexity index is 1680. The van der Waals surface area contributed by atoms with Crippen molar-refractivity contribution in [1.29, 1.82) is 0 Å². The molecule has 1 amide bonds. The van der Waals surface area contributed by atoms with Gasteiger partial charge in [0.1, 0.15) is 0 Å². The average Bonchev–Trinajstić information content (AvgIpc) is 2.94. The normalized spacial score (nSPS) is 11.2. The molecule has 0 fully saturated rings. The Kier molecular flexibility index (Phi) is 9.20. The van der Waals surface area contributed by atoms with Crippen molar-refractivity contribution in [3.8, 4) is 11.5 Å². The number of amides is 1. The van der Waals surface area contributed by atoms with Crippen LogP contribution >= 0.6 is 27.5 Å². The molecule has 4 aromatic rings. The van der Waals surface area contributed by atoms with Gasteiger partial charge in [0, 0.05) is 20.7 Å². The lowest BCUT2D eigenvalue weighted by Crippen LogP contribution is -2.18. The minimum absolute atomic E-state index is 0.0559. The smallest absolute Gasteiger partial charge is 0.343 e. The number of benzene rings is 4. The summed E-state index contributed by atoms with van der Waals surface area (Å²) >= 11 is 9.13. The van der Waals surface area contributed by atoms with Crippen LogP contribution in [0, 0.1) is 0 Å². The highest BCUT2D eigenvalue weighted by atomic mass is 79.9. The summed E-state index contributed by atoms with van der Waals surface area (Å²) in [6.45, 7) is 0. The maximum Gasteiger partial charge on any atom is 0.343 e. The number of halogens is 2. The molecule has 0 radical (unpaired) electrons. The number of nitrogens with zero attached hydrogens (tertiary/aromatic N) is 1. The summed E-state index contributed by atoms with van der Waals surface area (Å²) in [6, 6.07) is 23.2. The fraction of sp³-hybridized carbons (Fsp3) is 0.0357. The summed E-state index contributed by atoms with van der Waals surface area (Å²) in [5.74, 6) is -0.525. The number of nitrogens with one attached hydrogen (secondary N) is 2. The second kappa shape index (κ2) is 12.8. The molecule has 0 spiro atoms. The highest BCUT2D eigenvalue weighted by molar-refractivity contribution is 9.10. The first-order valence-electron chi connectivity index (χ1n) is 11.5. The maximum absolute atomic E-state index is 12.5. The summed E-state index contributed by atoms with van der Waals surface area (Å²) in [5.41, 5.74) is 3.90. The van der Waals surface area contributed by atoms with E-state index in [1.54, 1.807) is 42.5 Å². The molecule has 0 aromatic heterocycles. The van der Waals surface area contributed by atoms with Crippen molar-refractivity contribution >= 4 is 61.3 Å². The molecule has 0 heterocycles. The number of esters is 1. The summed E-state index contributed by atoms with van der Waals surface area (Å²) in [4.78, 5) is 25.0. The van der Waals surface area contributed by atoms with Crippen LogP contribution in [-0.4, -0.2) is 33.6 Å². The van der Waals surface area contributed by atoms with E-state index in [2.05, 4.69) is 31.2 Å². The number of carbonyl (C=O) groups excluding carboxylic acids is 2. The Morgan fingerprint density at radius 3 is 2.30 bits per heavy atom. The van der Waals surface area contributed by atoms with E-state index in [4.69, 9.17) is 21.1 Å². The molecule has 40 heavy (non-hydrogen) atoms. The molecule has 2 N–H and O–H groups in total. The molecule has 12 heteroatoms. The number of hydrogen-bond donors (Lipinski definition) is 2. The Morgan fingerprint density at radius 1 is 0.900 bits per heavy atom. The van der Waals surface area contributed by atoms with Gasteiger partial charge < -0.3 is 9.47 Å². The van der Waals surface area contributed by atoms with Crippen LogP contribution in [0.15, 0.2) is 105 Å². The van der Waals surface area contributed by atoms with E-state index in [1.807, 2.05) is 0 Å². The van der Waals surface area contributed by atoms with E-state index >= 15 is 0 Å². The van der Waals surface area contributed by atoms with Gasteiger partial charge in [-0.3, -0.25) is 9.52 Å². The van der Waals surface area contributed by atoms with Crippen molar-refractivity contribution < 1.29 is 27.5 Å². The molecular formula is C28H21BrClN3O6S. The van der Waals surface area contributed by atoms with Crippen LogP contribution in [0.1, 0.15) is 26.3 Å². The van der Waals surface area contributed by atoms with E-state index in [-0.39, 0.29) is 21.9 Å². The summed E-state index contributed by atoms with van der Waals surface area (Å²) in [5, 5.41) is 4.38. The van der Waals surface area contributed by atoms with Crippen molar-refractivity contribution in [3.05, 3.63) is 117 Å². The van der Waals surface area contributed by atoms with Crippen LogP contribution in [0.25, 0.3) is 0 Å². The molecule has 0 aliphatic rings. The number of methoxy groups -OCH3 is 1. The molecule has 4 rings (SSSR count). The zero-order valence-electron chi connectivity index (χ0n) is 20.8. The highest BCUT2D eigenvalue weighted by Gasteiger charge is 2.15. The van der Waals surface area contributed by atoms with Crippen molar-refractivity contribution in [2.75, 3.05) is 11.8 Å². The lowest BCUT2D eigenvalue weighted by Gasteiger charge is -2.10. The topological polar surface area (TPSA) is 123 Å². The molecule has 204 valence electrons. The van der Waals surface area contributed by atoms with E-state index in [9.17, 15) is 18.0 Å². The minimum Gasteiger partial charge on any atom is -0.493 e. The summed E-state index contributed by atoms with van der Waals surface area (Å²) in [6.07, 6.45) is 1.40. The zero-order valence-corrected chi connectivity index (χ0v) is 24.0. The second-order valence-electron chi connectivity index (χ2n) is 8.15. The summed E-state index contributed by atoms with van der Waals surface area (Å²) < 4.78 is 39.0. The highest BCUT2D eigenvalue weighted by Crippen LogP contribution is 2.28. The maximum atomic E-state index is 12.5. The fourth-order valence-corrected chi connectivity index (χ4v) is 4.95. The van der Waals surface area contributed by atoms with E-state index < -0.39 is 21.9 Å². The van der Waals surface area contributed by atoms with Gasteiger partial charge in [-0.25, -0.2) is 18.6 Å². The molecule has 0 saturated heterocycles. The van der Waals surface area contributed by atoms with E-state index in [1.165, 1.54) is 61.9 Å². The third-order valence-electron chi connectivity index (χ3n) is 5.35. The molecule has 0 aliphatic heterocycles. The Balaban J connectivity index is 1.36. The van der Waals surface area contributed by atoms with Crippen LogP contribution in [0.2, 0.25) is 5.02 Å². The quantitative estimate of drug-likeness (QED) is 0.102. The number of hydrazone groups is 1. The average molecular weight is 643 g/mol. The van der Waals surface area contributed by atoms with Crippen molar-refractivity contribution in [3.63, 3.8) is 0 Å². The zero-order chi connectivity index (χ0) is 28.7. The second-order valence-corrected chi connectivity index (χ2v) is 11.2. The lowest BCUT2D eigenvalue weighted by atomic mass is 10.2. The molecule has 9 nitrogen and oxygen atoms in total. The van der Waals surface area contributed by atoms with Crippen LogP contribution in [0.5, 0.6) is 11.5 Å². The van der Waals surface area contributed by atoms with Gasteiger partial charge in [-0.1, -0.05) is 33.6 Å². The third-order valence-corrected chi connectivity index (χ3v) is 7.50. The van der Waals surface area contributed by atoms with Crippen LogP contribution in [0.3, 0.4) is 0 Å². The van der Waals surface area contributed by atoms with Gasteiger partial charge in [0.25, 0.3) is 15.9 Å². The minimum atomic E-state index is -3.81. The predicted octanol–water partition coefficient (Wildman–Crippen LogP) is 5.90. The first kappa shape index (κ1) is 28.8. The molecule has 0 aliphatic carbocycles. The van der Waals surface area contributed by atoms with E-state index in [0.29, 0.717) is 21.9 Å². The fourth-order valence-electron chi connectivity index (χ4n) is 3.37. The number of hydrogen-bond acceptors (Lipinski definition) is 7. The number of sulfonamides is 1. The van der Waals surface area contributed by atoms with Crippen LogP contribution < -0.4 is 19.6 Å². The third kappa shape index (κ3) is 7.47. The molecule has 0 bridgehead atoms. The molecule has 0 atom stereocenters. The molecular weight excluding hydrogens is 622 g/mol. The van der Waals surface area contributed by atoms with Gasteiger partial charge in [-0.05, 0) is 90.5 Å². The molecule has 4 aromatic carbocycles. The van der Waals surface area contributed by atoms with Crippen molar-refractivity contribution in [2.24, 2.45) is 5.10 Å². The Hall–Kier alpha value is -4.19. The first-order valence-corrected chi connectivity index (χ1v) is 14.2. The monoisotopic (exact) mass is 641 g/mol. The number of rotatable bonds is 9. The van der Waals surface area contributed by atoms with Gasteiger partial charge in [-0.15, -0.1) is 0 Å². The van der Waals surface area contributed by atoms with Gasteiger partial charge >= 0.3 is 5.97 Å². The number of carbonyl (C=O) groups is 2.